The SMILES string of the molecule is CC(C)(C)OC(=O)N[C@@H]1CCCCC[C@H]1NC(=O)C(=O)Nc1ccccc1. The summed E-state index contributed by atoms with van der Waals surface area (Å²) in [7, 11) is 0. The summed E-state index contributed by atoms with van der Waals surface area (Å²) in [5, 5.41) is 8.20. The minimum Gasteiger partial charge on any atom is -0.444 e. The Morgan fingerprint density at radius 1 is 0.889 bits per heavy atom. The molecule has 0 saturated heterocycles. The van der Waals surface area contributed by atoms with E-state index in [0.717, 1.165) is 25.7 Å². The topological polar surface area (TPSA) is 96.5 Å². The van der Waals surface area contributed by atoms with Gasteiger partial charge in [0.2, 0.25) is 0 Å². The van der Waals surface area contributed by atoms with Gasteiger partial charge >= 0.3 is 17.9 Å². The lowest BCUT2D eigenvalue weighted by Gasteiger charge is -2.28. The molecule has 1 aromatic rings. The van der Waals surface area contributed by atoms with E-state index in [9.17, 15) is 14.4 Å². The molecule has 0 radical (unpaired) electrons. The lowest BCUT2D eigenvalue weighted by atomic mass is 10.0. The van der Waals surface area contributed by atoms with E-state index in [2.05, 4.69) is 16.0 Å². The molecule has 148 valence electrons. The summed E-state index contributed by atoms with van der Waals surface area (Å²) in [4.78, 5) is 36.6. The normalized spacial score (nSPS) is 20.1. The van der Waals surface area contributed by atoms with E-state index in [1.807, 2.05) is 6.07 Å². The maximum absolute atomic E-state index is 12.3. The monoisotopic (exact) mass is 375 g/mol. The molecule has 0 heterocycles. The third-order valence-corrected chi connectivity index (χ3v) is 4.27. The van der Waals surface area contributed by atoms with Crippen molar-refractivity contribution in [1.82, 2.24) is 10.6 Å². The van der Waals surface area contributed by atoms with Gasteiger partial charge in [-0.15, -0.1) is 0 Å². The number of hydrogen-bond donors (Lipinski definition) is 3. The second-order valence-corrected chi connectivity index (χ2v) is 7.79. The molecule has 0 spiro atoms. The maximum atomic E-state index is 12.3. The van der Waals surface area contributed by atoms with Crippen molar-refractivity contribution in [2.45, 2.75) is 70.6 Å². The fourth-order valence-corrected chi connectivity index (χ4v) is 3.06. The Morgan fingerprint density at radius 2 is 1.48 bits per heavy atom. The molecule has 2 rings (SSSR count). The Bertz CT molecular complexity index is 655. The van der Waals surface area contributed by atoms with Crippen molar-refractivity contribution >= 4 is 23.6 Å². The van der Waals surface area contributed by atoms with Gasteiger partial charge in [-0.05, 0) is 45.7 Å². The molecule has 0 bridgehead atoms. The van der Waals surface area contributed by atoms with Crippen molar-refractivity contribution in [3.8, 4) is 0 Å². The van der Waals surface area contributed by atoms with E-state index in [1.54, 1.807) is 45.0 Å². The molecular formula is C20H29N3O4. The maximum Gasteiger partial charge on any atom is 0.407 e. The van der Waals surface area contributed by atoms with Crippen molar-refractivity contribution in [3.63, 3.8) is 0 Å². The first-order chi connectivity index (χ1) is 12.7. The highest BCUT2D eigenvalue weighted by molar-refractivity contribution is 6.39. The fourth-order valence-electron chi connectivity index (χ4n) is 3.06. The second kappa shape index (κ2) is 9.39. The van der Waals surface area contributed by atoms with Gasteiger partial charge in [-0.1, -0.05) is 37.5 Å². The summed E-state index contributed by atoms with van der Waals surface area (Å²) < 4.78 is 5.32. The Kier molecular flexibility index (Phi) is 7.21. The highest BCUT2D eigenvalue weighted by Crippen LogP contribution is 2.19. The summed E-state index contributed by atoms with van der Waals surface area (Å²) in [5.74, 6) is -1.43. The molecular weight excluding hydrogens is 346 g/mol. The predicted octanol–water partition coefficient (Wildman–Crippen LogP) is 2.97. The largest absolute Gasteiger partial charge is 0.444 e. The highest BCUT2D eigenvalue weighted by atomic mass is 16.6. The lowest BCUT2D eigenvalue weighted by molar-refractivity contribution is -0.136. The van der Waals surface area contributed by atoms with Crippen LogP contribution in [0.2, 0.25) is 0 Å². The van der Waals surface area contributed by atoms with Crippen LogP contribution in [-0.2, 0) is 14.3 Å². The van der Waals surface area contributed by atoms with Crippen LogP contribution >= 0.6 is 0 Å². The van der Waals surface area contributed by atoms with Gasteiger partial charge in [0, 0.05) is 11.7 Å². The first-order valence-electron chi connectivity index (χ1n) is 9.41. The number of ether oxygens (including phenoxy) is 1. The van der Waals surface area contributed by atoms with Crippen molar-refractivity contribution < 1.29 is 19.1 Å². The van der Waals surface area contributed by atoms with Crippen LogP contribution in [-0.4, -0.2) is 35.6 Å². The van der Waals surface area contributed by atoms with E-state index in [0.29, 0.717) is 12.1 Å². The van der Waals surface area contributed by atoms with E-state index in [4.69, 9.17) is 4.74 Å². The number of nitrogens with one attached hydrogen (secondary N) is 3. The quantitative estimate of drug-likeness (QED) is 0.559. The van der Waals surface area contributed by atoms with Gasteiger partial charge in [-0.2, -0.15) is 0 Å². The highest BCUT2D eigenvalue weighted by Gasteiger charge is 2.29. The van der Waals surface area contributed by atoms with Gasteiger partial charge in [0.25, 0.3) is 0 Å². The van der Waals surface area contributed by atoms with Crippen molar-refractivity contribution in [2.24, 2.45) is 0 Å². The number of anilines is 1. The molecule has 7 nitrogen and oxygen atoms in total. The number of carbonyl (C=O) groups excluding carboxylic acids is 3. The van der Waals surface area contributed by atoms with Crippen molar-refractivity contribution in [2.75, 3.05) is 5.32 Å². The molecule has 1 fully saturated rings. The molecule has 0 aromatic heterocycles. The number of amides is 3. The second-order valence-electron chi connectivity index (χ2n) is 7.79. The van der Waals surface area contributed by atoms with E-state index in [-0.39, 0.29) is 12.1 Å². The number of carbonyl (C=O) groups is 3. The van der Waals surface area contributed by atoms with Crippen LogP contribution in [0.25, 0.3) is 0 Å². The summed E-state index contributed by atoms with van der Waals surface area (Å²) in [6.07, 6.45) is 3.81. The number of hydrogen-bond acceptors (Lipinski definition) is 4. The van der Waals surface area contributed by atoms with E-state index < -0.39 is 23.5 Å². The zero-order chi connectivity index (χ0) is 19.9. The third-order valence-electron chi connectivity index (χ3n) is 4.27. The van der Waals surface area contributed by atoms with E-state index >= 15 is 0 Å². The molecule has 27 heavy (non-hydrogen) atoms. The number of rotatable bonds is 3. The van der Waals surface area contributed by atoms with Gasteiger partial charge in [0.15, 0.2) is 0 Å². The summed E-state index contributed by atoms with van der Waals surface area (Å²) in [6.45, 7) is 5.40. The zero-order valence-electron chi connectivity index (χ0n) is 16.2. The molecule has 1 aliphatic rings. The minimum absolute atomic E-state index is 0.268. The standard InChI is InChI=1S/C20H29N3O4/c1-20(2,3)27-19(26)23-16-13-9-5-8-12-15(16)22-18(25)17(24)21-14-10-6-4-7-11-14/h4,6-7,10-11,15-16H,5,8-9,12-13H2,1-3H3,(H,21,24)(H,22,25)(H,23,26)/t15-,16-/m1/s1. The lowest BCUT2D eigenvalue weighted by Crippen LogP contribution is -2.53. The van der Waals surface area contributed by atoms with Crippen LogP contribution in [0.5, 0.6) is 0 Å². The van der Waals surface area contributed by atoms with Gasteiger partial charge in [0.1, 0.15) is 5.60 Å². The Hall–Kier alpha value is -2.57. The predicted molar refractivity (Wildman–Crippen MR) is 103 cm³/mol. The van der Waals surface area contributed by atoms with Crippen LogP contribution in [0.3, 0.4) is 0 Å². The molecule has 7 heteroatoms. The fraction of sp³-hybridized carbons (Fsp3) is 0.550. The summed E-state index contributed by atoms with van der Waals surface area (Å²) in [5.41, 5.74) is -0.0368. The van der Waals surface area contributed by atoms with Crippen molar-refractivity contribution in [1.29, 1.82) is 0 Å². The average molecular weight is 375 g/mol. The van der Waals surface area contributed by atoms with Gasteiger partial charge in [-0.25, -0.2) is 4.79 Å². The zero-order valence-corrected chi connectivity index (χ0v) is 16.2. The molecule has 3 amide bonds. The van der Waals surface area contributed by atoms with Gasteiger partial charge < -0.3 is 20.7 Å². The number of para-hydroxylation sites is 1. The molecule has 1 saturated carbocycles. The van der Waals surface area contributed by atoms with Crippen LogP contribution < -0.4 is 16.0 Å². The molecule has 1 aliphatic carbocycles. The van der Waals surface area contributed by atoms with E-state index in [1.165, 1.54) is 0 Å². The Labute approximate surface area is 160 Å². The molecule has 3 N–H and O–H groups in total. The smallest absolute Gasteiger partial charge is 0.407 e. The van der Waals surface area contributed by atoms with Gasteiger partial charge in [0.05, 0.1) is 6.04 Å². The average Bonchev–Trinajstić information content (AvgIpc) is 2.79. The van der Waals surface area contributed by atoms with Crippen LogP contribution in [0.15, 0.2) is 30.3 Å². The summed E-state index contributed by atoms with van der Waals surface area (Å²) in [6, 6.07) is 8.23. The molecule has 0 unspecified atom stereocenters. The van der Waals surface area contributed by atoms with Crippen LogP contribution in [0.4, 0.5) is 10.5 Å². The number of benzene rings is 1. The van der Waals surface area contributed by atoms with Gasteiger partial charge in [-0.3, -0.25) is 9.59 Å². The number of alkyl carbamates (subject to hydrolysis) is 1. The third kappa shape index (κ3) is 7.29. The Morgan fingerprint density at radius 3 is 2.07 bits per heavy atom. The summed E-state index contributed by atoms with van der Waals surface area (Å²) >= 11 is 0. The minimum atomic E-state index is -0.721. The van der Waals surface area contributed by atoms with Crippen LogP contribution in [0, 0.1) is 0 Å². The van der Waals surface area contributed by atoms with Crippen molar-refractivity contribution in [3.05, 3.63) is 30.3 Å². The molecule has 2 atom stereocenters. The Balaban J connectivity index is 1.96. The van der Waals surface area contributed by atoms with Crippen LogP contribution in [0.1, 0.15) is 52.9 Å². The first kappa shape index (κ1) is 20.7. The first-order valence-corrected chi connectivity index (χ1v) is 9.41. The molecule has 0 aliphatic heterocycles. The molecule has 1 aromatic carbocycles.